The number of nitrogens with zero attached hydrogens (tertiary/aromatic N) is 2. The van der Waals surface area contributed by atoms with Crippen LogP contribution in [0, 0.1) is 0 Å². The highest BCUT2D eigenvalue weighted by Crippen LogP contribution is 2.31. The lowest BCUT2D eigenvalue weighted by Gasteiger charge is -2.25. The fourth-order valence-corrected chi connectivity index (χ4v) is 4.47. The van der Waals surface area contributed by atoms with E-state index in [9.17, 15) is 22.8 Å². The van der Waals surface area contributed by atoms with Crippen LogP contribution in [0.3, 0.4) is 0 Å². The van der Waals surface area contributed by atoms with Crippen LogP contribution in [0.4, 0.5) is 18.0 Å². The topological polar surface area (TPSA) is 87.3 Å². The van der Waals surface area contributed by atoms with Gasteiger partial charge in [0.2, 0.25) is 5.91 Å². The van der Waals surface area contributed by atoms with Crippen LogP contribution in [-0.4, -0.2) is 33.1 Å². The van der Waals surface area contributed by atoms with Crippen LogP contribution in [0.1, 0.15) is 27.8 Å². The molecular weight excluding hydrogens is 485 g/mol. The average Bonchev–Trinajstić information content (AvgIpc) is 3.32. The van der Waals surface area contributed by atoms with Crippen LogP contribution in [0.5, 0.6) is 0 Å². The number of rotatable bonds is 5. The summed E-state index contributed by atoms with van der Waals surface area (Å²) < 4.78 is 44.3. The van der Waals surface area contributed by atoms with E-state index in [-0.39, 0.29) is 32.0 Å². The number of aromatic nitrogens is 2. The van der Waals surface area contributed by atoms with E-state index < -0.39 is 23.9 Å². The summed E-state index contributed by atoms with van der Waals surface area (Å²) in [6.45, 7) is 0.334. The summed E-state index contributed by atoms with van der Waals surface area (Å²) in [5, 5.41) is 10.5. The van der Waals surface area contributed by atoms with Crippen molar-refractivity contribution in [3.63, 3.8) is 0 Å². The molecule has 2 amide bonds. The smallest absolute Gasteiger partial charge is 0.416 e. The number of ether oxygens (including phenoxy) is 1. The van der Waals surface area contributed by atoms with Gasteiger partial charge in [-0.15, -0.1) is 0 Å². The Labute approximate surface area is 210 Å². The van der Waals surface area contributed by atoms with Gasteiger partial charge in [-0.05, 0) is 40.5 Å². The van der Waals surface area contributed by atoms with Gasteiger partial charge in [-0.2, -0.15) is 18.3 Å². The van der Waals surface area contributed by atoms with E-state index >= 15 is 0 Å². The van der Waals surface area contributed by atoms with Gasteiger partial charge in [-0.25, -0.2) is 4.79 Å². The molecule has 4 aromatic rings. The summed E-state index contributed by atoms with van der Waals surface area (Å²) in [7, 11) is 0. The predicted octanol–water partition coefficient (Wildman–Crippen LogP) is 4.96. The molecule has 2 N–H and O–H groups in total. The lowest BCUT2D eigenvalue weighted by molar-refractivity contribution is -0.137. The number of carbonyl (C=O) groups is 2. The first-order valence-electron chi connectivity index (χ1n) is 11.6. The summed E-state index contributed by atoms with van der Waals surface area (Å²) in [5.74, 6) is -0.357. The molecule has 37 heavy (non-hydrogen) atoms. The summed E-state index contributed by atoms with van der Waals surface area (Å²) in [4.78, 5) is 27.7. The highest BCUT2D eigenvalue weighted by Gasteiger charge is 2.33. The SMILES string of the molecule is O=C(N[C@@H]1Cc2ccc3[nH]ncc3c2CN(Cc2ccc(C(F)(F)F)cc2)C1=O)OCc1ccccc1. The molecule has 7 nitrogen and oxygen atoms in total. The van der Waals surface area contributed by atoms with Gasteiger partial charge in [0.1, 0.15) is 12.6 Å². The number of amides is 2. The molecule has 0 spiro atoms. The molecule has 190 valence electrons. The minimum absolute atomic E-state index is 0.0507. The highest BCUT2D eigenvalue weighted by molar-refractivity contribution is 5.89. The Morgan fingerprint density at radius 1 is 1.05 bits per heavy atom. The molecule has 0 bridgehead atoms. The van der Waals surface area contributed by atoms with E-state index in [0.717, 1.165) is 39.7 Å². The third-order valence-corrected chi connectivity index (χ3v) is 6.38. The van der Waals surface area contributed by atoms with Gasteiger partial charge in [0, 0.05) is 24.9 Å². The van der Waals surface area contributed by atoms with Crippen LogP contribution in [0.15, 0.2) is 72.9 Å². The van der Waals surface area contributed by atoms with Crippen molar-refractivity contribution < 1.29 is 27.5 Å². The van der Waals surface area contributed by atoms with Crippen molar-refractivity contribution in [2.45, 2.75) is 38.3 Å². The number of carbonyl (C=O) groups excluding carboxylic acids is 2. The van der Waals surface area contributed by atoms with Crippen LogP contribution < -0.4 is 5.32 Å². The molecule has 3 aromatic carbocycles. The molecule has 0 saturated carbocycles. The zero-order valence-electron chi connectivity index (χ0n) is 19.6. The second-order valence-corrected chi connectivity index (χ2v) is 8.89. The molecule has 10 heteroatoms. The third-order valence-electron chi connectivity index (χ3n) is 6.38. The normalized spacial score (nSPS) is 15.8. The number of aromatic amines is 1. The van der Waals surface area contributed by atoms with E-state index in [2.05, 4.69) is 15.5 Å². The minimum Gasteiger partial charge on any atom is -0.445 e. The first-order chi connectivity index (χ1) is 17.8. The van der Waals surface area contributed by atoms with Gasteiger partial charge in [0.25, 0.3) is 0 Å². The number of nitrogens with one attached hydrogen (secondary N) is 2. The maximum Gasteiger partial charge on any atom is 0.416 e. The lowest BCUT2D eigenvalue weighted by atomic mass is 9.99. The molecular formula is C27H23F3N4O3. The number of fused-ring (bicyclic) bond motifs is 3. The van der Waals surface area contributed by atoms with Gasteiger partial charge in [-0.1, -0.05) is 48.5 Å². The summed E-state index contributed by atoms with van der Waals surface area (Å²) in [6, 6.07) is 16.7. The zero-order valence-corrected chi connectivity index (χ0v) is 19.6. The number of halogens is 3. The van der Waals surface area contributed by atoms with Gasteiger partial charge in [0.15, 0.2) is 0 Å². The van der Waals surface area contributed by atoms with Gasteiger partial charge in [-0.3, -0.25) is 9.89 Å². The lowest BCUT2D eigenvalue weighted by Crippen LogP contribution is -2.48. The molecule has 0 fully saturated rings. The van der Waals surface area contributed by atoms with Crippen LogP contribution in [-0.2, 0) is 41.8 Å². The van der Waals surface area contributed by atoms with Crippen molar-refractivity contribution in [2.24, 2.45) is 0 Å². The number of hydrogen-bond donors (Lipinski definition) is 2. The van der Waals surface area contributed by atoms with Crippen molar-refractivity contribution in [3.05, 3.63) is 101 Å². The van der Waals surface area contributed by atoms with E-state index in [0.29, 0.717) is 5.56 Å². The summed E-state index contributed by atoms with van der Waals surface area (Å²) >= 11 is 0. The number of hydrogen-bond acceptors (Lipinski definition) is 4. The fourth-order valence-electron chi connectivity index (χ4n) is 4.47. The van der Waals surface area contributed by atoms with Crippen molar-refractivity contribution in [2.75, 3.05) is 0 Å². The second kappa shape index (κ2) is 9.96. The van der Waals surface area contributed by atoms with Crippen molar-refractivity contribution in [1.29, 1.82) is 0 Å². The first-order valence-corrected chi connectivity index (χ1v) is 11.6. The molecule has 5 rings (SSSR count). The maximum atomic E-state index is 13.6. The van der Waals surface area contributed by atoms with E-state index in [1.54, 1.807) is 6.20 Å². The highest BCUT2D eigenvalue weighted by atomic mass is 19.4. The number of alkyl carbamates (subject to hydrolysis) is 1. The Balaban J connectivity index is 1.39. The molecule has 0 unspecified atom stereocenters. The molecule has 1 atom stereocenters. The van der Waals surface area contributed by atoms with E-state index in [1.165, 1.54) is 17.0 Å². The molecule has 0 aliphatic carbocycles. The third kappa shape index (κ3) is 5.42. The molecule has 1 aliphatic heterocycles. The van der Waals surface area contributed by atoms with E-state index in [4.69, 9.17) is 4.74 Å². The molecule has 1 aromatic heterocycles. The number of benzene rings is 3. The van der Waals surface area contributed by atoms with E-state index in [1.807, 2.05) is 42.5 Å². The number of H-pyrrole nitrogens is 1. The minimum atomic E-state index is -4.45. The Hall–Kier alpha value is -4.34. The van der Waals surface area contributed by atoms with Crippen molar-refractivity contribution >= 4 is 22.9 Å². The largest absolute Gasteiger partial charge is 0.445 e. The first kappa shape index (κ1) is 24.4. The quantitative estimate of drug-likeness (QED) is 0.399. The second-order valence-electron chi connectivity index (χ2n) is 8.89. The van der Waals surface area contributed by atoms with Gasteiger partial charge < -0.3 is 15.0 Å². The maximum absolute atomic E-state index is 13.6. The van der Waals surface area contributed by atoms with Gasteiger partial charge >= 0.3 is 12.3 Å². The predicted molar refractivity (Wildman–Crippen MR) is 129 cm³/mol. The van der Waals surface area contributed by atoms with Crippen molar-refractivity contribution in [1.82, 2.24) is 20.4 Å². The molecule has 1 aliphatic rings. The monoisotopic (exact) mass is 508 g/mol. The van der Waals surface area contributed by atoms with Crippen LogP contribution in [0.25, 0.3) is 10.9 Å². The van der Waals surface area contributed by atoms with Crippen molar-refractivity contribution in [3.8, 4) is 0 Å². The summed E-state index contributed by atoms with van der Waals surface area (Å²) in [5.41, 5.74) is 3.12. The Morgan fingerprint density at radius 2 is 1.81 bits per heavy atom. The Bertz CT molecular complexity index is 1420. The standard InChI is InChI=1S/C27H23F3N4O3/c28-27(29,30)20-9-6-17(7-10-20)14-34-15-22-19(8-11-23-21(22)13-31-33-23)12-24(25(34)35)32-26(36)37-16-18-4-2-1-3-5-18/h1-11,13,24H,12,14-16H2,(H,31,33)(H,32,36)/t24-/m1/s1. The van der Waals surface area contributed by atoms with Crippen LogP contribution in [0.2, 0.25) is 0 Å². The molecule has 0 saturated heterocycles. The average molecular weight is 509 g/mol. The Kier molecular flexibility index (Phi) is 6.56. The Morgan fingerprint density at radius 3 is 2.54 bits per heavy atom. The molecule has 0 radical (unpaired) electrons. The van der Waals surface area contributed by atoms with Gasteiger partial charge in [0.05, 0.1) is 17.3 Å². The molecule has 2 heterocycles. The van der Waals surface area contributed by atoms with Crippen LogP contribution >= 0.6 is 0 Å². The number of alkyl halides is 3. The summed E-state index contributed by atoms with van der Waals surface area (Å²) in [6.07, 6.45) is -3.27. The fraction of sp³-hybridized carbons (Fsp3) is 0.222. The zero-order chi connectivity index (χ0) is 26.0.